The average molecular weight is 343 g/mol. The summed E-state index contributed by atoms with van der Waals surface area (Å²) in [6, 6.07) is 5.58. The molecule has 1 aliphatic heterocycles. The maximum absolute atomic E-state index is 12.2. The number of nitrogens with one attached hydrogen (secondary N) is 2. The molecule has 0 spiro atoms. The van der Waals surface area contributed by atoms with Gasteiger partial charge in [0.05, 0.1) is 5.56 Å². The smallest absolute Gasteiger partial charge is 0.254 e. The van der Waals surface area contributed by atoms with Gasteiger partial charge in [-0.15, -0.1) is 0 Å². The number of anilines is 1. The number of aromatic nitrogens is 2. The predicted molar refractivity (Wildman–Crippen MR) is 92.8 cm³/mol. The SMILES string of the molecule is CN(C)CCNc1ncc(C(=O)NCc2ccc3c(c2)OCO3)cn1. The van der Waals surface area contributed by atoms with E-state index < -0.39 is 0 Å². The van der Waals surface area contributed by atoms with Crippen LogP contribution in [0.2, 0.25) is 0 Å². The van der Waals surface area contributed by atoms with E-state index in [1.807, 2.05) is 32.3 Å². The van der Waals surface area contributed by atoms with Crippen LogP contribution in [0.3, 0.4) is 0 Å². The monoisotopic (exact) mass is 343 g/mol. The van der Waals surface area contributed by atoms with Crippen molar-refractivity contribution in [1.82, 2.24) is 20.2 Å². The standard InChI is InChI=1S/C17H21N5O3/c1-22(2)6-5-18-17-20-9-13(10-21-17)16(23)19-8-12-3-4-14-15(7-12)25-11-24-14/h3-4,7,9-10H,5-6,8,11H2,1-2H3,(H,19,23)(H,18,20,21). The Bertz CT molecular complexity index is 734. The highest BCUT2D eigenvalue weighted by Gasteiger charge is 2.14. The lowest BCUT2D eigenvalue weighted by molar-refractivity contribution is 0.0950. The van der Waals surface area contributed by atoms with Crippen LogP contribution in [0, 0.1) is 0 Å². The van der Waals surface area contributed by atoms with Gasteiger partial charge < -0.3 is 25.0 Å². The van der Waals surface area contributed by atoms with Crippen LogP contribution >= 0.6 is 0 Å². The number of fused-ring (bicyclic) bond motifs is 1. The second-order valence-corrected chi connectivity index (χ2v) is 5.90. The minimum Gasteiger partial charge on any atom is -0.454 e. The maximum Gasteiger partial charge on any atom is 0.254 e. The van der Waals surface area contributed by atoms with Gasteiger partial charge in [0, 0.05) is 32.0 Å². The molecule has 1 amide bonds. The van der Waals surface area contributed by atoms with Crippen molar-refractivity contribution < 1.29 is 14.3 Å². The fourth-order valence-corrected chi connectivity index (χ4v) is 2.26. The Balaban J connectivity index is 1.51. The van der Waals surface area contributed by atoms with E-state index in [4.69, 9.17) is 9.47 Å². The van der Waals surface area contributed by atoms with Gasteiger partial charge in [-0.2, -0.15) is 0 Å². The molecule has 132 valence electrons. The molecule has 1 aliphatic rings. The fraction of sp³-hybridized carbons (Fsp3) is 0.353. The van der Waals surface area contributed by atoms with Gasteiger partial charge in [-0.05, 0) is 31.8 Å². The van der Waals surface area contributed by atoms with Crippen LogP contribution in [-0.4, -0.2) is 54.8 Å². The van der Waals surface area contributed by atoms with Crippen LogP contribution in [0.4, 0.5) is 5.95 Å². The van der Waals surface area contributed by atoms with E-state index in [1.165, 1.54) is 12.4 Å². The molecule has 1 aromatic heterocycles. The molecule has 2 N–H and O–H groups in total. The van der Waals surface area contributed by atoms with Crippen LogP contribution in [-0.2, 0) is 6.54 Å². The number of carbonyl (C=O) groups excluding carboxylic acids is 1. The van der Waals surface area contributed by atoms with Crippen molar-refractivity contribution in [3.8, 4) is 11.5 Å². The number of likely N-dealkylation sites (N-methyl/N-ethyl adjacent to an activating group) is 1. The number of rotatable bonds is 7. The molecule has 2 aromatic rings. The molecular weight excluding hydrogens is 322 g/mol. The summed E-state index contributed by atoms with van der Waals surface area (Å²) in [5, 5.41) is 5.94. The minimum absolute atomic E-state index is 0.225. The van der Waals surface area contributed by atoms with Crippen LogP contribution < -0.4 is 20.1 Å². The van der Waals surface area contributed by atoms with Crippen molar-refractivity contribution in [2.75, 3.05) is 39.3 Å². The van der Waals surface area contributed by atoms with E-state index in [2.05, 4.69) is 25.5 Å². The van der Waals surface area contributed by atoms with Gasteiger partial charge in [-0.1, -0.05) is 6.07 Å². The summed E-state index contributed by atoms with van der Waals surface area (Å²) >= 11 is 0. The number of carbonyl (C=O) groups is 1. The zero-order valence-corrected chi connectivity index (χ0v) is 14.3. The van der Waals surface area contributed by atoms with Crippen molar-refractivity contribution in [3.63, 3.8) is 0 Å². The lowest BCUT2D eigenvalue weighted by atomic mass is 10.2. The Morgan fingerprint density at radius 2 is 1.96 bits per heavy atom. The highest BCUT2D eigenvalue weighted by atomic mass is 16.7. The molecule has 0 fully saturated rings. The van der Waals surface area contributed by atoms with E-state index >= 15 is 0 Å². The topological polar surface area (TPSA) is 88.6 Å². The van der Waals surface area contributed by atoms with Crippen molar-refractivity contribution in [3.05, 3.63) is 41.7 Å². The fourth-order valence-electron chi connectivity index (χ4n) is 2.26. The Morgan fingerprint density at radius 3 is 2.72 bits per heavy atom. The zero-order chi connectivity index (χ0) is 17.6. The van der Waals surface area contributed by atoms with Crippen molar-refractivity contribution in [1.29, 1.82) is 0 Å². The molecule has 0 saturated carbocycles. The number of amides is 1. The molecule has 0 saturated heterocycles. The molecule has 8 heteroatoms. The molecule has 3 rings (SSSR count). The van der Waals surface area contributed by atoms with E-state index in [0.717, 1.165) is 24.4 Å². The largest absolute Gasteiger partial charge is 0.454 e. The second kappa shape index (κ2) is 7.80. The molecule has 25 heavy (non-hydrogen) atoms. The van der Waals surface area contributed by atoms with Crippen LogP contribution in [0.15, 0.2) is 30.6 Å². The van der Waals surface area contributed by atoms with Gasteiger partial charge >= 0.3 is 0 Å². The maximum atomic E-state index is 12.2. The summed E-state index contributed by atoms with van der Waals surface area (Å²) in [6.07, 6.45) is 3.03. The molecule has 0 bridgehead atoms. The van der Waals surface area contributed by atoms with Crippen molar-refractivity contribution in [2.45, 2.75) is 6.54 Å². The second-order valence-electron chi connectivity index (χ2n) is 5.90. The molecule has 1 aromatic carbocycles. The summed E-state index contributed by atoms with van der Waals surface area (Å²) in [5.74, 6) is 1.70. The number of nitrogens with zero attached hydrogens (tertiary/aromatic N) is 3. The van der Waals surface area contributed by atoms with E-state index in [0.29, 0.717) is 23.8 Å². The Kier molecular flexibility index (Phi) is 5.30. The molecule has 2 heterocycles. The van der Waals surface area contributed by atoms with Gasteiger partial charge in [0.15, 0.2) is 11.5 Å². The summed E-state index contributed by atoms with van der Waals surface area (Å²) in [4.78, 5) is 22.6. The summed E-state index contributed by atoms with van der Waals surface area (Å²) < 4.78 is 10.6. The molecule has 0 radical (unpaired) electrons. The normalized spacial score (nSPS) is 12.3. The molecule has 0 unspecified atom stereocenters. The number of benzene rings is 1. The number of hydrogen-bond acceptors (Lipinski definition) is 7. The molecule has 0 atom stereocenters. The summed E-state index contributed by atoms with van der Waals surface area (Å²) in [5.41, 5.74) is 1.35. The third kappa shape index (κ3) is 4.57. The Morgan fingerprint density at radius 1 is 1.20 bits per heavy atom. The summed E-state index contributed by atoms with van der Waals surface area (Å²) in [6.45, 7) is 2.24. The number of hydrogen-bond donors (Lipinski definition) is 2. The highest BCUT2D eigenvalue weighted by molar-refractivity contribution is 5.93. The lowest BCUT2D eigenvalue weighted by Crippen LogP contribution is -2.24. The van der Waals surface area contributed by atoms with Crippen molar-refractivity contribution in [2.24, 2.45) is 0 Å². The third-order valence-corrected chi connectivity index (χ3v) is 3.65. The van der Waals surface area contributed by atoms with Gasteiger partial charge in [0.1, 0.15) is 0 Å². The minimum atomic E-state index is -0.225. The average Bonchev–Trinajstić information content (AvgIpc) is 3.07. The first-order valence-electron chi connectivity index (χ1n) is 7.99. The Labute approximate surface area is 146 Å². The van der Waals surface area contributed by atoms with Gasteiger partial charge in [-0.25, -0.2) is 9.97 Å². The van der Waals surface area contributed by atoms with Crippen LogP contribution in [0.5, 0.6) is 11.5 Å². The zero-order valence-electron chi connectivity index (χ0n) is 14.3. The van der Waals surface area contributed by atoms with E-state index in [9.17, 15) is 4.79 Å². The molecule has 8 nitrogen and oxygen atoms in total. The first-order valence-corrected chi connectivity index (χ1v) is 7.99. The van der Waals surface area contributed by atoms with Gasteiger partial charge in [0.25, 0.3) is 5.91 Å². The molecular formula is C17H21N5O3. The van der Waals surface area contributed by atoms with Gasteiger partial charge in [0.2, 0.25) is 12.7 Å². The first-order chi connectivity index (χ1) is 12.1. The van der Waals surface area contributed by atoms with Crippen LogP contribution in [0.25, 0.3) is 0 Å². The Hall–Kier alpha value is -2.87. The molecule has 0 aliphatic carbocycles. The van der Waals surface area contributed by atoms with Crippen LogP contribution in [0.1, 0.15) is 15.9 Å². The van der Waals surface area contributed by atoms with E-state index in [1.54, 1.807) is 0 Å². The van der Waals surface area contributed by atoms with Crippen molar-refractivity contribution >= 4 is 11.9 Å². The highest BCUT2D eigenvalue weighted by Crippen LogP contribution is 2.32. The third-order valence-electron chi connectivity index (χ3n) is 3.65. The first kappa shape index (κ1) is 17.0. The van der Waals surface area contributed by atoms with E-state index in [-0.39, 0.29) is 12.7 Å². The number of ether oxygens (including phenoxy) is 2. The quantitative estimate of drug-likeness (QED) is 0.778. The van der Waals surface area contributed by atoms with Gasteiger partial charge in [-0.3, -0.25) is 4.79 Å². The summed E-state index contributed by atoms with van der Waals surface area (Å²) in [7, 11) is 3.99. The lowest BCUT2D eigenvalue weighted by Gasteiger charge is -2.10. The predicted octanol–water partition coefficient (Wildman–Crippen LogP) is 1.11.